The van der Waals surface area contributed by atoms with Gasteiger partial charge in [-0.15, -0.1) is 0 Å². The Morgan fingerprint density at radius 1 is 0.489 bits per heavy atom. The number of esters is 2. The maximum Gasteiger partial charge on any atom is 0.341 e. The molecule has 0 aliphatic rings. The van der Waals surface area contributed by atoms with E-state index >= 15 is 0 Å². The smallest absolute Gasteiger partial charge is 0.341 e. The van der Waals surface area contributed by atoms with Crippen molar-refractivity contribution in [3.8, 4) is 34.5 Å². The van der Waals surface area contributed by atoms with Gasteiger partial charge < -0.3 is 39.0 Å². The third-order valence-corrected chi connectivity index (χ3v) is 6.71. The van der Waals surface area contributed by atoms with Gasteiger partial charge in [0.05, 0.1) is 14.2 Å². The van der Waals surface area contributed by atoms with Gasteiger partial charge in [-0.2, -0.15) is 0 Å². The molecule has 0 saturated heterocycles. The molecule has 0 fully saturated rings. The van der Waals surface area contributed by atoms with Crippen LogP contribution in [-0.2, 0) is 29.3 Å². The Balaban J connectivity index is 0.000000323. The number of phenolic OH excluding ortho intramolecular Hbond substituents is 3. The van der Waals surface area contributed by atoms with Gasteiger partial charge in [-0.3, -0.25) is 0 Å². The topological polar surface area (TPSA) is 141 Å². The Hall–Kier alpha value is -6.16. The van der Waals surface area contributed by atoms with Crippen molar-refractivity contribution in [1.29, 1.82) is 0 Å². The van der Waals surface area contributed by atoms with Gasteiger partial charge in [-0.1, -0.05) is 91.0 Å². The summed E-state index contributed by atoms with van der Waals surface area (Å²) in [6.07, 6.45) is 0. The summed E-state index contributed by atoms with van der Waals surface area (Å²) in [6.45, 7) is 0.891. The van der Waals surface area contributed by atoms with E-state index in [0.29, 0.717) is 18.1 Å². The molecular formula is C37H34O10. The number of hydrogen-bond donors (Lipinski definition) is 3. The van der Waals surface area contributed by atoms with Crippen LogP contribution in [0.1, 0.15) is 37.4 Å². The molecule has 0 amide bonds. The molecule has 0 bridgehead atoms. The number of carbonyl (C=O) groups excluding carboxylic acids is 2. The second-order valence-electron chi connectivity index (χ2n) is 9.90. The number of benzene rings is 5. The molecule has 0 aromatic heterocycles. The molecule has 47 heavy (non-hydrogen) atoms. The fourth-order valence-corrected chi connectivity index (χ4v) is 4.25. The summed E-state index contributed by atoms with van der Waals surface area (Å²) in [5.41, 5.74) is 3.03. The van der Waals surface area contributed by atoms with Crippen LogP contribution in [0.15, 0.2) is 115 Å². The Morgan fingerprint density at radius 3 is 1.40 bits per heavy atom. The highest BCUT2D eigenvalue weighted by molar-refractivity contribution is 5.94. The van der Waals surface area contributed by atoms with E-state index in [2.05, 4.69) is 4.74 Å². The van der Waals surface area contributed by atoms with Crippen molar-refractivity contribution in [1.82, 2.24) is 0 Å². The number of aromatic hydroxyl groups is 3. The zero-order chi connectivity index (χ0) is 33.6. The molecule has 0 aliphatic heterocycles. The standard InChI is InChI=1S/C29H26O5.C8H8O5/c1-31-29(30)25-17-18-26(32-19-22-11-5-2-6-12-22)28(34-21-24-15-9-4-10-16-24)27(25)33-20-23-13-7-3-8-14-23;1-13-8(12)4-2-3-5(9)7(11)6(4)10/h2-18H,19-21H2,1H3;2-3,9-11H,1H3. The lowest BCUT2D eigenvalue weighted by Gasteiger charge is -2.19. The first-order valence-corrected chi connectivity index (χ1v) is 14.4. The summed E-state index contributed by atoms with van der Waals surface area (Å²) < 4.78 is 27.8. The summed E-state index contributed by atoms with van der Waals surface area (Å²) >= 11 is 0. The van der Waals surface area contributed by atoms with E-state index in [0.717, 1.165) is 35.9 Å². The summed E-state index contributed by atoms with van der Waals surface area (Å²) in [5, 5.41) is 27.1. The lowest BCUT2D eigenvalue weighted by Crippen LogP contribution is -2.10. The molecular weight excluding hydrogens is 604 g/mol. The van der Waals surface area contributed by atoms with Crippen LogP contribution in [0.4, 0.5) is 0 Å². The van der Waals surface area contributed by atoms with E-state index < -0.39 is 29.2 Å². The molecule has 242 valence electrons. The molecule has 0 heterocycles. The quantitative estimate of drug-likeness (QED) is 0.104. The number of phenols is 3. The molecule has 5 aromatic rings. The van der Waals surface area contributed by atoms with E-state index in [4.69, 9.17) is 34.3 Å². The zero-order valence-electron chi connectivity index (χ0n) is 25.8. The molecule has 5 aromatic carbocycles. The molecule has 10 heteroatoms. The van der Waals surface area contributed by atoms with E-state index in [1.165, 1.54) is 7.11 Å². The van der Waals surface area contributed by atoms with Crippen LogP contribution in [0.25, 0.3) is 0 Å². The van der Waals surface area contributed by atoms with Gasteiger partial charge in [0, 0.05) is 0 Å². The lowest BCUT2D eigenvalue weighted by atomic mass is 10.1. The molecule has 0 radical (unpaired) electrons. The third kappa shape index (κ3) is 9.18. The molecule has 0 saturated carbocycles. The SMILES string of the molecule is COC(=O)c1ccc(O)c(O)c1O.COC(=O)c1ccc(OCc2ccccc2)c(OCc2ccccc2)c1OCc1ccccc1. The highest BCUT2D eigenvalue weighted by Crippen LogP contribution is 2.42. The Labute approximate surface area is 271 Å². The fraction of sp³-hybridized carbons (Fsp3) is 0.135. The van der Waals surface area contributed by atoms with Gasteiger partial charge >= 0.3 is 11.9 Å². The minimum atomic E-state index is -0.784. The van der Waals surface area contributed by atoms with Crippen LogP contribution in [0.2, 0.25) is 0 Å². The predicted octanol–water partition coefficient (Wildman–Crippen LogP) is 6.80. The normalized spacial score (nSPS) is 10.2. The maximum absolute atomic E-state index is 12.6. The number of carbonyl (C=O) groups is 2. The Morgan fingerprint density at radius 2 is 0.915 bits per heavy atom. The van der Waals surface area contributed by atoms with E-state index in [-0.39, 0.29) is 30.1 Å². The molecule has 0 unspecified atom stereocenters. The predicted molar refractivity (Wildman–Crippen MR) is 173 cm³/mol. The number of rotatable bonds is 11. The zero-order valence-corrected chi connectivity index (χ0v) is 25.8. The van der Waals surface area contributed by atoms with Crippen LogP contribution in [0, 0.1) is 0 Å². The van der Waals surface area contributed by atoms with E-state index in [1.54, 1.807) is 12.1 Å². The first-order chi connectivity index (χ1) is 22.8. The summed E-state index contributed by atoms with van der Waals surface area (Å²) in [6, 6.07) is 34.9. The highest BCUT2D eigenvalue weighted by atomic mass is 16.5. The number of hydrogen-bond acceptors (Lipinski definition) is 10. The van der Waals surface area contributed by atoms with Crippen LogP contribution in [0.5, 0.6) is 34.5 Å². The minimum Gasteiger partial charge on any atom is -0.504 e. The van der Waals surface area contributed by atoms with Crippen molar-refractivity contribution < 1.29 is 48.6 Å². The average molecular weight is 639 g/mol. The first-order valence-electron chi connectivity index (χ1n) is 14.4. The van der Waals surface area contributed by atoms with Gasteiger partial charge in [-0.05, 0) is 41.0 Å². The van der Waals surface area contributed by atoms with Crippen molar-refractivity contribution in [2.75, 3.05) is 14.2 Å². The largest absolute Gasteiger partial charge is 0.504 e. The average Bonchev–Trinajstić information content (AvgIpc) is 3.12. The molecule has 5 rings (SSSR count). The fourth-order valence-electron chi connectivity index (χ4n) is 4.25. The van der Waals surface area contributed by atoms with Crippen molar-refractivity contribution in [2.45, 2.75) is 19.8 Å². The molecule has 3 N–H and O–H groups in total. The van der Waals surface area contributed by atoms with Gasteiger partial charge in [0.1, 0.15) is 30.9 Å². The maximum atomic E-state index is 12.6. The van der Waals surface area contributed by atoms with Crippen LogP contribution in [-0.4, -0.2) is 41.5 Å². The Bertz CT molecular complexity index is 1760. The third-order valence-electron chi connectivity index (χ3n) is 6.71. The Kier molecular flexibility index (Phi) is 12.0. The van der Waals surface area contributed by atoms with Gasteiger partial charge in [0.15, 0.2) is 23.0 Å². The molecule has 0 aliphatic carbocycles. The van der Waals surface area contributed by atoms with Crippen LogP contribution in [0.3, 0.4) is 0 Å². The first kappa shape index (κ1) is 33.7. The van der Waals surface area contributed by atoms with E-state index in [9.17, 15) is 9.59 Å². The molecule has 0 atom stereocenters. The summed E-state index contributed by atoms with van der Waals surface area (Å²) in [5.74, 6) is -2.08. The van der Waals surface area contributed by atoms with Gasteiger partial charge in [-0.25, -0.2) is 9.59 Å². The monoisotopic (exact) mass is 638 g/mol. The van der Waals surface area contributed by atoms with Gasteiger partial charge in [0.2, 0.25) is 11.5 Å². The van der Waals surface area contributed by atoms with E-state index in [1.807, 2.05) is 91.0 Å². The van der Waals surface area contributed by atoms with Crippen molar-refractivity contribution in [2.24, 2.45) is 0 Å². The summed E-state index contributed by atoms with van der Waals surface area (Å²) in [7, 11) is 2.49. The minimum absolute atomic E-state index is 0.196. The van der Waals surface area contributed by atoms with Crippen LogP contribution < -0.4 is 14.2 Å². The van der Waals surface area contributed by atoms with Crippen molar-refractivity contribution in [3.05, 3.63) is 143 Å². The summed E-state index contributed by atoms with van der Waals surface area (Å²) in [4.78, 5) is 23.5. The number of ether oxygens (including phenoxy) is 5. The number of methoxy groups -OCH3 is 2. The second kappa shape index (κ2) is 16.8. The van der Waals surface area contributed by atoms with Crippen molar-refractivity contribution >= 4 is 11.9 Å². The lowest BCUT2D eigenvalue weighted by molar-refractivity contribution is 0.0586. The van der Waals surface area contributed by atoms with Crippen LogP contribution >= 0.6 is 0 Å². The van der Waals surface area contributed by atoms with Crippen molar-refractivity contribution in [3.63, 3.8) is 0 Å². The molecule has 0 spiro atoms. The molecule has 10 nitrogen and oxygen atoms in total. The highest BCUT2D eigenvalue weighted by Gasteiger charge is 2.23. The van der Waals surface area contributed by atoms with Gasteiger partial charge in [0.25, 0.3) is 0 Å². The second-order valence-corrected chi connectivity index (χ2v) is 9.90.